The lowest BCUT2D eigenvalue weighted by Crippen LogP contribution is -2.02. The van der Waals surface area contributed by atoms with E-state index >= 15 is 0 Å². The minimum absolute atomic E-state index is 0.110. The maximum atomic E-state index is 9.62. The molecule has 1 nitrogen and oxygen atoms in total. The Morgan fingerprint density at radius 2 is 1.32 bits per heavy atom. The molecule has 0 aliphatic heterocycles. The number of hydrogen-bond donors (Lipinski definition) is 1. The van der Waals surface area contributed by atoms with Crippen LogP contribution in [0.25, 0.3) is 22.3 Å². The minimum Gasteiger partial charge on any atom is -0.396 e. The van der Waals surface area contributed by atoms with Gasteiger partial charge < -0.3 is 5.11 Å². The van der Waals surface area contributed by atoms with E-state index < -0.39 is 0 Å². The summed E-state index contributed by atoms with van der Waals surface area (Å²) in [6, 6.07) is 27.2. The highest BCUT2D eigenvalue weighted by molar-refractivity contribution is 5.86. The number of hydrogen-bond acceptors (Lipinski definition) is 1. The zero-order valence-corrected chi connectivity index (χ0v) is 12.7. The average Bonchev–Trinajstić information content (AvgIpc) is 2.62. The molecule has 0 spiro atoms. The largest absolute Gasteiger partial charge is 0.396 e. The molecule has 0 saturated carbocycles. The lowest BCUT2D eigenvalue weighted by Gasteiger charge is -2.19. The summed E-state index contributed by atoms with van der Waals surface area (Å²) >= 11 is 0. The molecule has 1 atom stereocenters. The Morgan fingerprint density at radius 1 is 0.727 bits per heavy atom. The Labute approximate surface area is 131 Å². The Bertz CT molecular complexity index is 732. The first-order valence-electron chi connectivity index (χ1n) is 7.66. The first-order chi connectivity index (χ1) is 10.8. The van der Waals surface area contributed by atoms with Gasteiger partial charge in [0.15, 0.2) is 0 Å². The fraction of sp³-hybridized carbons (Fsp3) is 0.143. The van der Waals surface area contributed by atoms with E-state index in [9.17, 15) is 5.11 Å². The molecule has 0 radical (unpaired) electrons. The van der Waals surface area contributed by atoms with Gasteiger partial charge in [0, 0.05) is 12.5 Å². The Hall–Kier alpha value is -2.38. The van der Waals surface area contributed by atoms with Crippen molar-refractivity contribution < 1.29 is 5.11 Å². The molecule has 1 N–H and O–H groups in total. The van der Waals surface area contributed by atoms with Crippen LogP contribution in [0.2, 0.25) is 0 Å². The van der Waals surface area contributed by atoms with E-state index in [-0.39, 0.29) is 12.5 Å². The zero-order valence-electron chi connectivity index (χ0n) is 12.7. The van der Waals surface area contributed by atoms with Gasteiger partial charge in [-0.1, -0.05) is 85.8 Å². The van der Waals surface area contributed by atoms with E-state index in [4.69, 9.17) is 0 Å². The lowest BCUT2D eigenvalue weighted by atomic mass is 9.86. The van der Waals surface area contributed by atoms with Crippen molar-refractivity contribution in [3.8, 4) is 22.3 Å². The Kier molecular flexibility index (Phi) is 4.36. The summed E-state index contributed by atoms with van der Waals surface area (Å²) in [6.45, 7) is 2.22. The summed E-state index contributed by atoms with van der Waals surface area (Å²) in [4.78, 5) is 0. The van der Waals surface area contributed by atoms with Crippen molar-refractivity contribution in [3.05, 3.63) is 84.4 Å². The van der Waals surface area contributed by atoms with Crippen LogP contribution in [-0.4, -0.2) is 11.7 Å². The van der Waals surface area contributed by atoms with Crippen molar-refractivity contribution >= 4 is 0 Å². The van der Waals surface area contributed by atoms with Crippen molar-refractivity contribution in [3.63, 3.8) is 0 Å². The summed E-state index contributed by atoms with van der Waals surface area (Å²) in [6.07, 6.45) is 0. The van der Waals surface area contributed by atoms with Crippen LogP contribution in [0.15, 0.2) is 78.9 Å². The maximum absolute atomic E-state index is 9.62. The first kappa shape index (κ1) is 14.6. The highest BCUT2D eigenvalue weighted by Crippen LogP contribution is 2.37. The average molecular weight is 288 g/mol. The smallest absolute Gasteiger partial charge is 0.0497 e. The predicted molar refractivity (Wildman–Crippen MR) is 92.8 cm³/mol. The van der Waals surface area contributed by atoms with Crippen molar-refractivity contribution in [1.29, 1.82) is 0 Å². The SMILES string of the molecule is CC(CO)c1cccc(-c2ccccc2)c1-c1ccccc1. The molecule has 0 saturated heterocycles. The third kappa shape index (κ3) is 2.81. The van der Waals surface area contributed by atoms with E-state index in [0.29, 0.717) is 0 Å². The van der Waals surface area contributed by atoms with Crippen LogP contribution < -0.4 is 0 Å². The third-order valence-electron chi connectivity index (χ3n) is 4.05. The first-order valence-corrected chi connectivity index (χ1v) is 7.66. The molecule has 0 fully saturated rings. The second-order valence-corrected chi connectivity index (χ2v) is 5.59. The van der Waals surface area contributed by atoms with Crippen LogP contribution >= 0.6 is 0 Å². The molecule has 3 aromatic carbocycles. The van der Waals surface area contributed by atoms with Crippen LogP contribution in [0.1, 0.15) is 18.4 Å². The molecular formula is C21H20O. The van der Waals surface area contributed by atoms with Gasteiger partial charge in [0.2, 0.25) is 0 Å². The van der Waals surface area contributed by atoms with Crippen LogP contribution in [-0.2, 0) is 0 Å². The van der Waals surface area contributed by atoms with Gasteiger partial charge >= 0.3 is 0 Å². The van der Waals surface area contributed by atoms with Gasteiger partial charge in [-0.3, -0.25) is 0 Å². The van der Waals surface area contributed by atoms with Crippen molar-refractivity contribution in [1.82, 2.24) is 0 Å². The Morgan fingerprint density at radius 3 is 1.91 bits per heavy atom. The quantitative estimate of drug-likeness (QED) is 0.706. The van der Waals surface area contributed by atoms with E-state index in [1.54, 1.807) is 0 Å². The summed E-state index contributed by atoms with van der Waals surface area (Å²) in [5.41, 5.74) is 6.01. The topological polar surface area (TPSA) is 20.2 Å². The van der Waals surface area contributed by atoms with E-state index in [2.05, 4.69) is 73.7 Å². The summed E-state index contributed by atoms with van der Waals surface area (Å²) in [5.74, 6) is 0.110. The molecule has 0 aliphatic carbocycles. The molecule has 0 heterocycles. The molecule has 0 aromatic heterocycles. The number of aliphatic hydroxyl groups excluding tert-OH is 1. The van der Waals surface area contributed by atoms with Crippen LogP contribution in [0.5, 0.6) is 0 Å². The van der Waals surface area contributed by atoms with Crippen LogP contribution in [0, 0.1) is 0 Å². The summed E-state index contributed by atoms with van der Waals surface area (Å²) in [7, 11) is 0. The Balaban J connectivity index is 2.27. The van der Waals surface area contributed by atoms with Crippen molar-refractivity contribution in [2.24, 2.45) is 0 Å². The lowest BCUT2D eigenvalue weighted by molar-refractivity contribution is 0.273. The number of aliphatic hydroxyl groups is 1. The highest BCUT2D eigenvalue weighted by Gasteiger charge is 2.15. The highest BCUT2D eigenvalue weighted by atomic mass is 16.3. The van der Waals surface area contributed by atoms with Gasteiger partial charge in [0.1, 0.15) is 0 Å². The third-order valence-corrected chi connectivity index (χ3v) is 4.05. The molecule has 0 amide bonds. The second kappa shape index (κ2) is 6.59. The molecule has 0 bridgehead atoms. The van der Waals surface area contributed by atoms with Gasteiger partial charge in [0.05, 0.1) is 0 Å². The van der Waals surface area contributed by atoms with E-state index in [1.165, 1.54) is 27.8 Å². The molecule has 110 valence electrons. The molecular weight excluding hydrogens is 268 g/mol. The standard InChI is InChI=1S/C21H20O/c1-16(15-22)19-13-8-14-20(17-9-4-2-5-10-17)21(19)18-11-6-3-7-12-18/h2-14,16,22H,15H2,1H3. The van der Waals surface area contributed by atoms with Gasteiger partial charge in [-0.2, -0.15) is 0 Å². The molecule has 3 rings (SSSR count). The van der Waals surface area contributed by atoms with Crippen molar-refractivity contribution in [2.75, 3.05) is 6.61 Å². The monoisotopic (exact) mass is 288 g/mol. The van der Waals surface area contributed by atoms with Crippen molar-refractivity contribution in [2.45, 2.75) is 12.8 Å². The summed E-state index contributed by atoms with van der Waals surface area (Å²) < 4.78 is 0. The fourth-order valence-electron chi connectivity index (χ4n) is 2.86. The number of rotatable bonds is 4. The second-order valence-electron chi connectivity index (χ2n) is 5.59. The van der Waals surface area contributed by atoms with Gasteiger partial charge in [-0.15, -0.1) is 0 Å². The molecule has 1 heteroatoms. The molecule has 1 unspecified atom stereocenters. The fourth-order valence-corrected chi connectivity index (χ4v) is 2.86. The molecule has 0 aliphatic rings. The van der Waals surface area contributed by atoms with E-state index in [1.807, 2.05) is 12.1 Å². The predicted octanol–water partition coefficient (Wildman–Crippen LogP) is 5.12. The van der Waals surface area contributed by atoms with Crippen LogP contribution in [0.3, 0.4) is 0 Å². The molecule has 22 heavy (non-hydrogen) atoms. The summed E-state index contributed by atoms with van der Waals surface area (Å²) in [5, 5.41) is 9.62. The minimum atomic E-state index is 0.110. The van der Waals surface area contributed by atoms with Gasteiger partial charge in [-0.05, 0) is 27.8 Å². The van der Waals surface area contributed by atoms with Gasteiger partial charge in [-0.25, -0.2) is 0 Å². The maximum Gasteiger partial charge on any atom is 0.0497 e. The molecule has 3 aromatic rings. The van der Waals surface area contributed by atoms with Gasteiger partial charge in [0.25, 0.3) is 0 Å². The zero-order chi connectivity index (χ0) is 15.4. The number of benzene rings is 3. The van der Waals surface area contributed by atoms with E-state index in [0.717, 1.165) is 0 Å². The van der Waals surface area contributed by atoms with Crippen LogP contribution in [0.4, 0.5) is 0 Å². The normalized spacial score (nSPS) is 12.1.